The topological polar surface area (TPSA) is 86.7 Å². The first-order valence-corrected chi connectivity index (χ1v) is 10.1. The first kappa shape index (κ1) is 18.3. The van der Waals surface area contributed by atoms with Crippen LogP contribution < -0.4 is 14.9 Å². The van der Waals surface area contributed by atoms with Crippen molar-refractivity contribution in [1.82, 2.24) is 15.0 Å². The van der Waals surface area contributed by atoms with Crippen molar-refractivity contribution in [2.75, 3.05) is 31.1 Å². The van der Waals surface area contributed by atoms with Gasteiger partial charge in [-0.2, -0.15) is 0 Å². The van der Waals surface area contributed by atoms with Crippen LogP contribution in [0.2, 0.25) is 0 Å². The second-order valence-corrected chi connectivity index (χ2v) is 7.62. The van der Waals surface area contributed by atoms with E-state index in [9.17, 15) is 8.42 Å². The normalized spacial score (nSPS) is 14.3. The number of sulfonamides is 1. The fourth-order valence-electron chi connectivity index (χ4n) is 2.88. The maximum absolute atomic E-state index is 12.2. The Balaban J connectivity index is 1.64. The van der Waals surface area contributed by atoms with E-state index in [1.54, 1.807) is 12.3 Å². The monoisotopic (exact) mass is 373 g/mol. The molecule has 0 saturated carbocycles. The Hall–Kier alpha value is -2.45. The third-order valence-electron chi connectivity index (χ3n) is 4.09. The molecule has 0 radical (unpaired) electrons. The number of rotatable bonds is 6. The molecule has 1 aromatic heterocycles. The molecule has 2 aromatic rings. The molecule has 8 heteroatoms. The van der Waals surface area contributed by atoms with Crippen LogP contribution in [-0.4, -0.2) is 45.5 Å². The Bertz CT molecular complexity index is 868. The van der Waals surface area contributed by atoms with Crippen molar-refractivity contribution in [2.45, 2.75) is 18.2 Å². The molecule has 0 unspecified atom stereocenters. The molecule has 0 aliphatic carbocycles. The van der Waals surface area contributed by atoms with Gasteiger partial charge in [0.25, 0.3) is 0 Å². The van der Waals surface area contributed by atoms with Gasteiger partial charge in [0, 0.05) is 37.7 Å². The molecule has 138 valence electrons. The highest BCUT2D eigenvalue weighted by molar-refractivity contribution is 7.89. The number of anilines is 1. The molecular formula is C18H23N5O2S. The van der Waals surface area contributed by atoms with Gasteiger partial charge in [-0.05, 0) is 37.1 Å². The summed E-state index contributed by atoms with van der Waals surface area (Å²) < 4.78 is 27.0. The Morgan fingerprint density at radius 3 is 2.88 bits per heavy atom. The first-order valence-electron chi connectivity index (χ1n) is 8.65. The maximum Gasteiger partial charge on any atom is 0.242 e. The van der Waals surface area contributed by atoms with E-state index >= 15 is 0 Å². The van der Waals surface area contributed by atoms with E-state index in [2.05, 4.69) is 37.0 Å². The summed E-state index contributed by atoms with van der Waals surface area (Å²) in [5.41, 5.74) is 2.46. The minimum Gasteiger partial charge on any atom is -0.356 e. The van der Waals surface area contributed by atoms with Crippen LogP contribution in [0.3, 0.4) is 0 Å². The molecule has 2 N–H and O–H groups in total. The lowest BCUT2D eigenvalue weighted by atomic mass is 10.2. The smallest absolute Gasteiger partial charge is 0.242 e. The number of hydrogen-bond donors (Lipinski definition) is 2. The van der Waals surface area contributed by atoms with Crippen LogP contribution in [0.25, 0.3) is 0 Å². The molecule has 0 spiro atoms. The molecule has 0 atom stereocenters. The number of fused-ring (bicyclic) bond motifs is 1. The molecule has 26 heavy (non-hydrogen) atoms. The number of para-hydroxylation sites is 1. The molecule has 3 rings (SSSR count). The number of nitrogens with zero attached hydrogens (tertiary/aromatic N) is 3. The van der Waals surface area contributed by atoms with Crippen molar-refractivity contribution in [3.05, 3.63) is 54.4 Å². The average Bonchev–Trinajstić information content (AvgIpc) is 3.09. The van der Waals surface area contributed by atoms with E-state index in [1.807, 2.05) is 19.1 Å². The van der Waals surface area contributed by atoms with Gasteiger partial charge in [0.05, 0.1) is 6.54 Å². The molecule has 0 fully saturated rings. The van der Waals surface area contributed by atoms with Crippen molar-refractivity contribution in [3.63, 3.8) is 0 Å². The summed E-state index contributed by atoms with van der Waals surface area (Å²) in [6.07, 6.45) is 3.85. The Morgan fingerprint density at radius 1 is 1.27 bits per heavy atom. The molecule has 0 saturated heterocycles. The highest BCUT2D eigenvalue weighted by Crippen LogP contribution is 2.27. The molecule has 0 bridgehead atoms. The Morgan fingerprint density at radius 2 is 2.12 bits per heavy atom. The fourth-order valence-corrected chi connectivity index (χ4v) is 3.87. The van der Waals surface area contributed by atoms with Gasteiger partial charge in [0.2, 0.25) is 10.0 Å². The van der Waals surface area contributed by atoms with Crippen LogP contribution in [0.1, 0.15) is 12.5 Å². The standard InChI is InChI=1S/C18H23N5O2S/c1-2-20-18(23-13-9-15-6-3-4-8-17(15)23)21-11-12-22-26(24,25)16-7-5-10-19-14-16/h3-8,10,14,22H,2,9,11-13H2,1H3,(H,20,21). The van der Waals surface area contributed by atoms with Gasteiger partial charge in [-0.3, -0.25) is 9.98 Å². The third kappa shape index (κ3) is 4.20. The number of benzene rings is 1. The number of aromatic nitrogens is 1. The van der Waals surface area contributed by atoms with E-state index in [-0.39, 0.29) is 11.4 Å². The Kier molecular flexibility index (Phi) is 5.85. The minimum atomic E-state index is -3.55. The highest BCUT2D eigenvalue weighted by atomic mass is 32.2. The zero-order chi connectivity index (χ0) is 18.4. The second kappa shape index (κ2) is 8.29. The van der Waals surface area contributed by atoms with Crippen LogP contribution in [0.4, 0.5) is 5.69 Å². The summed E-state index contributed by atoms with van der Waals surface area (Å²) in [5.74, 6) is 0.776. The van der Waals surface area contributed by atoms with Gasteiger partial charge < -0.3 is 10.2 Å². The molecule has 7 nitrogen and oxygen atoms in total. The van der Waals surface area contributed by atoms with Gasteiger partial charge in [-0.15, -0.1) is 0 Å². The lowest BCUT2D eigenvalue weighted by Gasteiger charge is -2.22. The average molecular weight is 373 g/mol. The summed E-state index contributed by atoms with van der Waals surface area (Å²) >= 11 is 0. The van der Waals surface area contributed by atoms with E-state index in [0.29, 0.717) is 6.54 Å². The SMILES string of the molecule is CCNC(=NCCNS(=O)(=O)c1cccnc1)N1CCc2ccccc21. The number of guanidine groups is 1. The van der Waals surface area contributed by atoms with Crippen LogP contribution in [0, 0.1) is 0 Å². The van der Waals surface area contributed by atoms with E-state index < -0.39 is 10.0 Å². The van der Waals surface area contributed by atoms with Gasteiger partial charge >= 0.3 is 0 Å². The van der Waals surface area contributed by atoms with Gasteiger partial charge in [0.15, 0.2) is 5.96 Å². The summed E-state index contributed by atoms with van der Waals surface area (Å²) in [6.45, 7) is 4.20. The molecule has 1 aromatic carbocycles. The van der Waals surface area contributed by atoms with Gasteiger partial charge in [-0.25, -0.2) is 13.1 Å². The number of nitrogens with one attached hydrogen (secondary N) is 2. The van der Waals surface area contributed by atoms with Crippen molar-refractivity contribution in [3.8, 4) is 0 Å². The summed E-state index contributed by atoms with van der Waals surface area (Å²) in [4.78, 5) is 10.7. The van der Waals surface area contributed by atoms with Crippen LogP contribution in [0.5, 0.6) is 0 Å². The highest BCUT2D eigenvalue weighted by Gasteiger charge is 2.22. The third-order valence-corrected chi connectivity index (χ3v) is 5.53. The lowest BCUT2D eigenvalue weighted by molar-refractivity contribution is 0.581. The van der Waals surface area contributed by atoms with E-state index in [4.69, 9.17) is 0 Å². The number of hydrogen-bond acceptors (Lipinski definition) is 4. The van der Waals surface area contributed by atoms with Crippen molar-refractivity contribution < 1.29 is 8.42 Å². The number of pyridine rings is 1. The summed E-state index contributed by atoms with van der Waals surface area (Å²) in [6, 6.07) is 11.4. The minimum absolute atomic E-state index is 0.157. The second-order valence-electron chi connectivity index (χ2n) is 5.85. The molecule has 2 heterocycles. The van der Waals surface area contributed by atoms with Crippen molar-refractivity contribution >= 4 is 21.7 Å². The zero-order valence-electron chi connectivity index (χ0n) is 14.7. The largest absolute Gasteiger partial charge is 0.356 e. The molecule has 0 amide bonds. The van der Waals surface area contributed by atoms with E-state index in [1.165, 1.54) is 17.8 Å². The maximum atomic E-state index is 12.2. The fraction of sp³-hybridized carbons (Fsp3) is 0.333. The molecule has 1 aliphatic heterocycles. The van der Waals surface area contributed by atoms with Crippen molar-refractivity contribution in [2.24, 2.45) is 4.99 Å². The number of aliphatic imine (C=N–C) groups is 1. The predicted molar refractivity (Wildman–Crippen MR) is 103 cm³/mol. The van der Waals surface area contributed by atoms with Crippen molar-refractivity contribution in [1.29, 1.82) is 0 Å². The Labute approximate surface area is 154 Å². The molecule has 1 aliphatic rings. The summed E-state index contributed by atoms with van der Waals surface area (Å²) in [7, 11) is -3.55. The van der Waals surface area contributed by atoms with Crippen LogP contribution in [0.15, 0.2) is 58.7 Å². The lowest BCUT2D eigenvalue weighted by Crippen LogP contribution is -2.41. The zero-order valence-corrected chi connectivity index (χ0v) is 15.5. The quantitative estimate of drug-likeness (QED) is 0.454. The van der Waals surface area contributed by atoms with E-state index in [0.717, 1.165) is 31.2 Å². The van der Waals surface area contributed by atoms with Gasteiger partial charge in [0.1, 0.15) is 4.90 Å². The first-order chi connectivity index (χ1) is 12.6. The predicted octanol–water partition coefficient (Wildman–Crippen LogP) is 1.39. The van der Waals surface area contributed by atoms with Crippen LogP contribution in [-0.2, 0) is 16.4 Å². The van der Waals surface area contributed by atoms with Crippen LogP contribution >= 0.6 is 0 Å². The summed E-state index contributed by atoms with van der Waals surface area (Å²) in [5, 5.41) is 3.28. The van der Waals surface area contributed by atoms with Gasteiger partial charge in [-0.1, -0.05) is 18.2 Å². The molecular weight excluding hydrogens is 350 g/mol.